The lowest BCUT2D eigenvalue weighted by Gasteiger charge is -2.25. The summed E-state index contributed by atoms with van der Waals surface area (Å²) in [6.07, 6.45) is 3.05. The highest BCUT2D eigenvalue weighted by molar-refractivity contribution is 7.91. The van der Waals surface area contributed by atoms with Crippen molar-refractivity contribution in [3.8, 4) is 5.75 Å². The fourth-order valence-corrected chi connectivity index (χ4v) is 4.89. The Morgan fingerprint density at radius 3 is 2.46 bits per heavy atom. The van der Waals surface area contributed by atoms with E-state index in [1.807, 2.05) is 17.0 Å². The number of methoxy groups -OCH3 is 1. The van der Waals surface area contributed by atoms with Crippen molar-refractivity contribution in [1.82, 2.24) is 4.90 Å². The van der Waals surface area contributed by atoms with E-state index >= 15 is 0 Å². The van der Waals surface area contributed by atoms with E-state index in [0.717, 1.165) is 25.0 Å². The van der Waals surface area contributed by atoms with Crippen molar-refractivity contribution in [2.75, 3.05) is 26.0 Å². The number of amides is 1. The number of sulfone groups is 1. The summed E-state index contributed by atoms with van der Waals surface area (Å²) in [5.41, 5.74) is 1.19. The van der Waals surface area contributed by atoms with Crippen LogP contribution in [0, 0.1) is 0 Å². The van der Waals surface area contributed by atoms with Crippen molar-refractivity contribution in [2.24, 2.45) is 0 Å². The van der Waals surface area contributed by atoms with Crippen LogP contribution in [0.3, 0.4) is 0 Å². The summed E-state index contributed by atoms with van der Waals surface area (Å²) in [5.74, 6) is 0.846. The van der Waals surface area contributed by atoms with Gasteiger partial charge in [-0.3, -0.25) is 4.79 Å². The highest BCUT2D eigenvalue weighted by Gasteiger charge is 2.25. The van der Waals surface area contributed by atoms with Crippen LogP contribution in [-0.4, -0.2) is 45.2 Å². The lowest BCUT2D eigenvalue weighted by molar-refractivity contribution is -0.130. The molecule has 3 rings (SSSR count). The zero-order valence-corrected chi connectivity index (χ0v) is 17.0. The topological polar surface area (TPSA) is 63.7 Å². The number of hydrogen-bond acceptors (Lipinski definition) is 4. The SMILES string of the molecule is COc1ccc(C2CCCCN(C(=O)CCS(=O)(=O)c3ccccc3)C2)cc1. The van der Waals surface area contributed by atoms with Crippen LogP contribution in [0.25, 0.3) is 0 Å². The zero-order valence-electron chi connectivity index (χ0n) is 16.2. The summed E-state index contributed by atoms with van der Waals surface area (Å²) in [6, 6.07) is 16.3. The number of carbonyl (C=O) groups excluding carboxylic acids is 1. The number of hydrogen-bond donors (Lipinski definition) is 0. The van der Waals surface area contributed by atoms with Gasteiger partial charge < -0.3 is 9.64 Å². The molecule has 0 spiro atoms. The number of nitrogens with zero attached hydrogens (tertiary/aromatic N) is 1. The van der Waals surface area contributed by atoms with E-state index in [9.17, 15) is 13.2 Å². The first-order valence-corrected chi connectivity index (χ1v) is 11.3. The molecule has 5 nitrogen and oxygen atoms in total. The number of benzene rings is 2. The molecule has 2 aromatic rings. The monoisotopic (exact) mass is 401 g/mol. The predicted octanol–water partition coefficient (Wildman–Crippen LogP) is 3.66. The minimum absolute atomic E-state index is 0.0204. The number of ether oxygens (including phenoxy) is 1. The van der Waals surface area contributed by atoms with Crippen LogP contribution < -0.4 is 4.74 Å². The number of rotatable bonds is 6. The molecular formula is C22H27NO4S. The first kappa shape index (κ1) is 20.4. The Balaban J connectivity index is 1.63. The van der Waals surface area contributed by atoms with Gasteiger partial charge in [0.05, 0.1) is 17.8 Å². The Labute approximate surface area is 167 Å². The van der Waals surface area contributed by atoms with Gasteiger partial charge in [0.1, 0.15) is 5.75 Å². The molecule has 0 aromatic heterocycles. The Morgan fingerprint density at radius 1 is 1.07 bits per heavy atom. The van der Waals surface area contributed by atoms with Gasteiger partial charge in [0.2, 0.25) is 5.91 Å². The summed E-state index contributed by atoms with van der Waals surface area (Å²) in [5, 5.41) is 0. The molecule has 1 unspecified atom stereocenters. The molecule has 1 amide bonds. The largest absolute Gasteiger partial charge is 0.497 e. The van der Waals surface area contributed by atoms with Gasteiger partial charge in [0.15, 0.2) is 9.84 Å². The van der Waals surface area contributed by atoms with Crippen LogP contribution >= 0.6 is 0 Å². The third-order valence-electron chi connectivity index (χ3n) is 5.30. The van der Waals surface area contributed by atoms with E-state index in [4.69, 9.17) is 4.74 Å². The highest BCUT2D eigenvalue weighted by Crippen LogP contribution is 2.28. The average molecular weight is 402 g/mol. The van der Waals surface area contributed by atoms with Crippen LogP contribution in [-0.2, 0) is 14.6 Å². The molecule has 150 valence electrons. The van der Waals surface area contributed by atoms with Crippen LogP contribution in [0.1, 0.15) is 37.2 Å². The third-order valence-corrected chi connectivity index (χ3v) is 7.03. The molecule has 1 atom stereocenters. The molecule has 0 bridgehead atoms. The van der Waals surface area contributed by atoms with Crippen molar-refractivity contribution in [2.45, 2.75) is 36.5 Å². The predicted molar refractivity (Wildman–Crippen MR) is 109 cm³/mol. The van der Waals surface area contributed by atoms with Crippen molar-refractivity contribution in [1.29, 1.82) is 0 Å². The second-order valence-electron chi connectivity index (χ2n) is 7.19. The smallest absolute Gasteiger partial charge is 0.223 e. The molecule has 2 aromatic carbocycles. The summed E-state index contributed by atoms with van der Waals surface area (Å²) in [7, 11) is -1.79. The Kier molecular flexibility index (Phi) is 6.73. The minimum atomic E-state index is -3.44. The molecule has 1 saturated heterocycles. The standard InChI is InChI=1S/C22H27NO4S/c1-27-20-12-10-18(11-13-20)19-7-5-6-15-23(17-19)22(24)14-16-28(25,26)21-8-3-2-4-9-21/h2-4,8-13,19H,5-7,14-17H2,1H3. The Morgan fingerprint density at radius 2 is 1.79 bits per heavy atom. The molecule has 1 fully saturated rings. The zero-order chi connectivity index (χ0) is 20.0. The maximum atomic E-state index is 12.7. The van der Waals surface area contributed by atoms with Crippen molar-refractivity contribution in [3.05, 3.63) is 60.2 Å². The van der Waals surface area contributed by atoms with Crippen LogP contribution in [0.4, 0.5) is 0 Å². The first-order chi connectivity index (χ1) is 13.5. The fraction of sp³-hybridized carbons (Fsp3) is 0.409. The maximum absolute atomic E-state index is 12.7. The van der Waals surface area contributed by atoms with E-state index in [1.165, 1.54) is 5.56 Å². The van der Waals surface area contributed by atoms with Crippen LogP contribution in [0.5, 0.6) is 5.75 Å². The van der Waals surface area contributed by atoms with E-state index in [0.29, 0.717) is 13.1 Å². The molecule has 0 saturated carbocycles. The minimum Gasteiger partial charge on any atom is -0.497 e. The van der Waals surface area contributed by atoms with Gasteiger partial charge in [-0.2, -0.15) is 0 Å². The van der Waals surface area contributed by atoms with Gasteiger partial charge in [0, 0.05) is 25.4 Å². The summed E-state index contributed by atoms with van der Waals surface area (Å²) < 4.78 is 30.1. The lowest BCUT2D eigenvalue weighted by Crippen LogP contribution is -2.35. The molecule has 6 heteroatoms. The number of likely N-dealkylation sites (tertiary alicyclic amines) is 1. The molecule has 1 aliphatic rings. The molecule has 0 radical (unpaired) electrons. The molecule has 0 N–H and O–H groups in total. The van der Waals surface area contributed by atoms with Gasteiger partial charge in [-0.25, -0.2) is 8.42 Å². The summed E-state index contributed by atoms with van der Waals surface area (Å²) in [6.45, 7) is 1.33. The molecule has 28 heavy (non-hydrogen) atoms. The van der Waals surface area contributed by atoms with Crippen molar-refractivity contribution >= 4 is 15.7 Å². The third kappa shape index (κ3) is 5.13. The summed E-state index contributed by atoms with van der Waals surface area (Å²) in [4.78, 5) is 14.9. The highest BCUT2D eigenvalue weighted by atomic mass is 32.2. The van der Waals surface area contributed by atoms with E-state index in [-0.39, 0.29) is 28.9 Å². The second kappa shape index (κ2) is 9.24. The number of carbonyl (C=O) groups is 1. The van der Waals surface area contributed by atoms with Gasteiger partial charge >= 0.3 is 0 Å². The van der Waals surface area contributed by atoms with Gasteiger partial charge in [0.25, 0.3) is 0 Å². The molecule has 1 aliphatic heterocycles. The molecular weight excluding hydrogens is 374 g/mol. The fourth-order valence-electron chi connectivity index (χ4n) is 3.64. The first-order valence-electron chi connectivity index (χ1n) is 9.69. The molecule has 1 heterocycles. The second-order valence-corrected chi connectivity index (χ2v) is 9.30. The normalized spacial score (nSPS) is 17.8. The maximum Gasteiger partial charge on any atom is 0.223 e. The van der Waals surface area contributed by atoms with E-state index in [1.54, 1.807) is 37.4 Å². The van der Waals surface area contributed by atoms with Crippen LogP contribution in [0.2, 0.25) is 0 Å². The van der Waals surface area contributed by atoms with Gasteiger partial charge in [-0.1, -0.05) is 36.8 Å². The van der Waals surface area contributed by atoms with E-state index in [2.05, 4.69) is 12.1 Å². The van der Waals surface area contributed by atoms with Crippen LogP contribution in [0.15, 0.2) is 59.5 Å². The summed E-state index contributed by atoms with van der Waals surface area (Å²) >= 11 is 0. The van der Waals surface area contributed by atoms with Crippen molar-refractivity contribution in [3.63, 3.8) is 0 Å². The Hall–Kier alpha value is -2.34. The quantitative estimate of drug-likeness (QED) is 0.741. The molecule has 0 aliphatic carbocycles. The lowest BCUT2D eigenvalue weighted by atomic mass is 9.94. The Bertz CT molecular complexity index is 879. The average Bonchev–Trinajstić information content (AvgIpc) is 2.99. The van der Waals surface area contributed by atoms with Gasteiger partial charge in [-0.05, 0) is 42.7 Å². The van der Waals surface area contributed by atoms with Crippen molar-refractivity contribution < 1.29 is 17.9 Å². The van der Waals surface area contributed by atoms with E-state index < -0.39 is 9.84 Å². The van der Waals surface area contributed by atoms with Gasteiger partial charge in [-0.15, -0.1) is 0 Å².